The van der Waals surface area contributed by atoms with Gasteiger partial charge in [0.05, 0.1) is 5.75 Å². The van der Waals surface area contributed by atoms with Crippen molar-refractivity contribution in [3.05, 3.63) is 29.0 Å². The Balaban J connectivity index is 2.58. The van der Waals surface area contributed by atoms with Gasteiger partial charge >= 0.3 is 0 Å². The first-order valence-corrected chi connectivity index (χ1v) is 6.97. The van der Waals surface area contributed by atoms with Crippen molar-refractivity contribution in [2.75, 3.05) is 12.8 Å². The maximum Gasteiger partial charge on any atom is 0.211 e. The molecule has 0 saturated heterocycles. The Morgan fingerprint density at radius 2 is 2.19 bits per heavy atom. The first kappa shape index (κ1) is 13.4. The van der Waals surface area contributed by atoms with Crippen LogP contribution >= 0.6 is 11.6 Å². The standard InChI is InChI=1S/C10H15ClN2O2S/c1-8(7-16(14,15)12-2)5-9-3-4-10(11)13-6-9/h3-4,6,8,12H,5,7H2,1-2H3. The molecule has 0 radical (unpaired) electrons. The van der Waals surface area contributed by atoms with Crippen molar-refractivity contribution in [3.8, 4) is 0 Å². The van der Waals surface area contributed by atoms with E-state index in [1.54, 1.807) is 12.3 Å². The fourth-order valence-corrected chi connectivity index (χ4v) is 2.59. The molecule has 1 aromatic rings. The van der Waals surface area contributed by atoms with Crippen LogP contribution in [0.4, 0.5) is 0 Å². The molecule has 16 heavy (non-hydrogen) atoms. The monoisotopic (exact) mass is 262 g/mol. The number of aromatic nitrogens is 1. The lowest BCUT2D eigenvalue weighted by Gasteiger charge is -2.11. The van der Waals surface area contributed by atoms with E-state index in [4.69, 9.17) is 11.6 Å². The van der Waals surface area contributed by atoms with Gasteiger partial charge in [-0.15, -0.1) is 0 Å². The number of pyridine rings is 1. The smallest absolute Gasteiger partial charge is 0.211 e. The molecule has 1 N–H and O–H groups in total. The number of hydrogen-bond donors (Lipinski definition) is 1. The Hall–Kier alpha value is -0.650. The van der Waals surface area contributed by atoms with Crippen molar-refractivity contribution in [1.82, 2.24) is 9.71 Å². The van der Waals surface area contributed by atoms with Crippen LogP contribution in [-0.4, -0.2) is 26.2 Å². The third-order valence-electron chi connectivity index (χ3n) is 2.19. The highest BCUT2D eigenvalue weighted by Crippen LogP contribution is 2.11. The second kappa shape index (κ2) is 5.61. The van der Waals surface area contributed by atoms with Crippen LogP contribution in [0.15, 0.2) is 18.3 Å². The van der Waals surface area contributed by atoms with Gasteiger partial charge in [0.25, 0.3) is 0 Å². The number of rotatable bonds is 5. The van der Waals surface area contributed by atoms with Crippen LogP contribution in [0.5, 0.6) is 0 Å². The van der Waals surface area contributed by atoms with Gasteiger partial charge in [-0.1, -0.05) is 24.6 Å². The molecule has 90 valence electrons. The molecule has 0 aliphatic carbocycles. The van der Waals surface area contributed by atoms with Crippen LogP contribution in [0.25, 0.3) is 0 Å². The van der Waals surface area contributed by atoms with Crippen molar-refractivity contribution in [2.24, 2.45) is 5.92 Å². The van der Waals surface area contributed by atoms with E-state index in [1.807, 2.05) is 13.0 Å². The summed E-state index contributed by atoms with van der Waals surface area (Å²) in [5.74, 6) is 0.159. The third kappa shape index (κ3) is 4.47. The lowest BCUT2D eigenvalue weighted by atomic mass is 10.1. The third-order valence-corrected chi connectivity index (χ3v) is 4.04. The summed E-state index contributed by atoms with van der Waals surface area (Å²) in [5.41, 5.74) is 0.989. The molecule has 4 nitrogen and oxygen atoms in total. The minimum Gasteiger partial charge on any atom is -0.244 e. The highest BCUT2D eigenvalue weighted by Gasteiger charge is 2.13. The maximum atomic E-state index is 11.3. The Morgan fingerprint density at radius 1 is 1.50 bits per heavy atom. The first-order chi connectivity index (χ1) is 7.43. The van der Waals surface area contributed by atoms with E-state index in [9.17, 15) is 8.42 Å². The predicted molar refractivity (Wildman–Crippen MR) is 65.0 cm³/mol. The van der Waals surface area contributed by atoms with E-state index in [0.29, 0.717) is 11.6 Å². The van der Waals surface area contributed by atoms with Crippen molar-refractivity contribution < 1.29 is 8.42 Å². The average Bonchev–Trinajstić information content (AvgIpc) is 2.21. The van der Waals surface area contributed by atoms with Crippen molar-refractivity contribution in [2.45, 2.75) is 13.3 Å². The van der Waals surface area contributed by atoms with Crippen LogP contribution in [0.3, 0.4) is 0 Å². The van der Waals surface area contributed by atoms with Gasteiger partial charge in [0.15, 0.2) is 0 Å². The molecule has 0 saturated carbocycles. The molecule has 1 heterocycles. The van der Waals surface area contributed by atoms with Gasteiger partial charge in [-0.2, -0.15) is 0 Å². The molecular weight excluding hydrogens is 248 g/mol. The van der Waals surface area contributed by atoms with Crippen LogP contribution < -0.4 is 4.72 Å². The Morgan fingerprint density at radius 3 is 2.69 bits per heavy atom. The SMILES string of the molecule is CNS(=O)(=O)CC(C)Cc1ccc(Cl)nc1. The molecule has 0 aliphatic heterocycles. The van der Waals surface area contributed by atoms with Gasteiger partial charge in [-0.25, -0.2) is 18.1 Å². The molecule has 1 rings (SSSR count). The predicted octanol–water partition coefficient (Wildman–Crippen LogP) is 1.46. The van der Waals surface area contributed by atoms with E-state index in [-0.39, 0.29) is 11.7 Å². The van der Waals surface area contributed by atoms with Crippen LogP contribution in [-0.2, 0) is 16.4 Å². The summed E-state index contributed by atoms with van der Waals surface area (Å²) in [6, 6.07) is 3.56. The maximum absolute atomic E-state index is 11.3. The number of hydrogen-bond acceptors (Lipinski definition) is 3. The molecule has 0 aromatic carbocycles. The van der Waals surface area contributed by atoms with E-state index in [0.717, 1.165) is 5.56 Å². The number of sulfonamides is 1. The lowest BCUT2D eigenvalue weighted by molar-refractivity contribution is 0.562. The molecule has 0 aliphatic rings. The summed E-state index contributed by atoms with van der Waals surface area (Å²) < 4.78 is 24.9. The Labute approximate surface area is 101 Å². The van der Waals surface area contributed by atoms with Crippen molar-refractivity contribution in [1.29, 1.82) is 0 Å². The molecule has 6 heteroatoms. The number of nitrogens with zero attached hydrogens (tertiary/aromatic N) is 1. The van der Waals surface area contributed by atoms with E-state index < -0.39 is 10.0 Å². The van der Waals surface area contributed by atoms with Gasteiger partial charge in [0.1, 0.15) is 5.15 Å². The quantitative estimate of drug-likeness (QED) is 0.818. The summed E-state index contributed by atoms with van der Waals surface area (Å²) >= 11 is 5.66. The Bertz CT molecular complexity index is 431. The second-order valence-corrected chi connectivity index (χ2v) is 6.14. The zero-order valence-electron chi connectivity index (χ0n) is 9.27. The summed E-state index contributed by atoms with van der Waals surface area (Å²) in [5, 5.41) is 0.444. The molecule has 0 spiro atoms. The molecule has 0 amide bonds. The summed E-state index contributed by atoms with van der Waals surface area (Å²) in [7, 11) is -1.72. The van der Waals surface area contributed by atoms with Crippen LogP contribution in [0.1, 0.15) is 12.5 Å². The fraction of sp³-hybridized carbons (Fsp3) is 0.500. The normalized spacial score (nSPS) is 13.7. The van der Waals surface area contributed by atoms with Crippen molar-refractivity contribution >= 4 is 21.6 Å². The molecule has 0 bridgehead atoms. The van der Waals surface area contributed by atoms with E-state index >= 15 is 0 Å². The average molecular weight is 263 g/mol. The highest BCUT2D eigenvalue weighted by molar-refractivity contribution is 7.89. The lowest BCUT2D eigenvalue weighted by Crippen LogP contribution is -2.26. The van der Waals surface area contributed by atoms with Gasteiger partial charge in [-0.05, 0) is 31.0 Å². The summed E-state index contributed by atoms with van der Waals surface area (Å²) in [6.07, 6.45) is 2.34. The summed E-state index contributed by atoms with van der Waals surface area (Å²) in [6.45, 7) is 1.89. The van der Waals surface area contributed by atoms with Gasteiger partial charge in [0.2, 0.25) is 10.0 Å². The highest BCUT2D eigenvalue weighted by atomic mass is 35.5. The van der Waals surface area contributed by atoms with Gasteiger partial charge in [-0.3, -0.25) is 0 Å². The summed E-state index contributed by atoms with van der Waals surface area (Å²) in [4.78, 5) is 3.95. The fourth-order valence-electron chi connectivity index (χ4n) is 1.45. The molecular formula is C10H15ClN2O2S. The van der Waals surface area contributed by atoms with E-state index in [1.165, 1.54) is 7.05 Å². The van der Waals surface area contributed by atoms with E-state index in [2.05, 4.69) is 9.71 Å². The zero-order chi connectivity index (χ0) is 12.2. The molecule has 0 fully saturated rings. The molecule has 1 atom stereocenters. The second-order valence-electron chi connectivity index (χ2n) is 3.78. The molecule has 1 unspecified atom stereocenters. The topological polar surface area (TPSA) is 59.1 Å². The molecule has 1 aromatic heterocycles. The number of halogens is 1. The first-order valence-electron chi connectivity index (χ1n) is 4.94. The van der Waals surface area contributed by atoms with Crippen molar-refractivity contribution in [3.63, 3.8) is 0 Å². The number of nitrogens with one attached hydrogen (secondary N) is 1. The zero-order valence-corrected chi connectivity index (χ0v) is 10.8. The Kier molecular flexibility index (Phi) is 4.70. The minimum atomic E-state index is -3.14. The largest absolute Gasteiger partial charge is 0.244 e. The van der Waals surface area contributed by atoms with Gasteiger partial charge < -0.3 is 0 Å². The minimum absolute atomic E-state index is 0.0421. The van der Waals surface area contributed by atoms with Gasteiger partial charge in [0, 0.05) is 6.20 Å². The van der Waals surface area contributed by atoms with Crippen LogP contribution in [0.2, 0.25) is 5.15 Å². The van der Waals surface area contributed by atoms with Crippen LogP contribution in [0, 0.1) is 5.92 Å².